The number of hydrogen-bond acceptors (Lipinski definition) is 2. The molecule has 0 fully saturated rings. The molecule has 0 N–H and O–H groups in total. The van der Waals surface area contributed by atoms with Crippen LogP contribution in [0.15, 0.2) is 66.9 Å². The van der Waals surface area contributed by atoms with Gasteiger partial charge in [0, 0.05) is 35.8 Å². The largest absolute Gasteiger partial charge is 0.463 e. The third kappa shape index (κ3) is 3.04. The Morgan fingerprint density at radius 1 is 1.09 bits per heavy atom. The summed E-state index contributed by atoms with van der Waals surface area (Å²) in [4.78, 5) is 12.0. The average Bonchev–Trinajstić information content (AvgIpc) is 2.91. The monoisotopic (exact) mass is 305 g/mol. The maximum Gasteiger partial charge on any atom is 0.331 e. The van der Waals surface area contributed by atoms with Crippen molar-refractivity contribution in [3.63, 3.8) is 0 Å². The summed E-state index contributed by atoms with van der Waals surface area (Å²) >= 11 is 0. The molecule has 0 saturated heterocycles. The number of nitrogens with zero attached hydrogens (tertiary/aromatic N) is 1. The van der Waals surface area contributed by atoms with Crippen LogP contribution < -0.4 is 0 Å². The van der Waals surface area contributed by atoms with E-state index in [2.05, 4.69) is 22.9 Å². The summed E-state index contributed by atoms with van der Waals surface area (Å²) in [5.41, 5.74) is 4.04. The van der Waals surface area contributed by atoms with Gasteiger partial charge in [0.15, 0.2) is 0 Å². The standard InChI is InChI=1S/C20H19NO2/c1-3-23-20(22)13-17(15-9-5-4-6-10-15)18-14-21(2)19-12-8-7-11-16(18)19/h4-14H,3H2,1-2H3/b17-13+. The first-order valence-corrected chi connectivity index (χ1v) is 7.69. The van der Waals surface area contributed by atoms with Gasteiger partial charge in [0.25, 0.3) is 0 Å². The van der Waals surface area contributed by atoms with E-state index in [-0.39, 0.29) is 5.97 Å². The van der Waals surface area contributed by atoms with E-state index >= 15 is 0 Å². The van der Waals surface area contributed by atoms with Crippen LogP contribution in [0.4, 0.5) is 0 Å². The van der Waals surface area contributed by atoms with E-state index in [4.69, 9.17) is 4.74 Å². The number of aryl methyl sites for hydroxylation is 1. The van der Waals surface area contributed by atoms with E-state index < -0.39 is 0 Å². The maximum atomic E-state index is 12.0. The van der Waals surface area contributed by atoms with Gasteiger partial charge in [-0.25, -0.2) is 4.79 Å². The smallest absolute Gasteiger partial charge is 0.331 e. The molecular weight excluding hydrogens is 286 g/mol. The van der Waals surface area contributed by atoms with Crippen LogP contribution in [0, 0.1) is 0 Å². The second kappa shape index (κ2) is 6.53. The summed E-state index contributed by atoms with van der Waals surface area (Å²) in [7, 11) is 2.01. The predicted octanol–water partition coefficient (Wildman–Crippen LogP) is 4.17. The van der Waals surface area contributed by atoms with Crippen LogP contribution in [-0.4, -0.2) is 17.1 Å². The van der Waals surface area contributed by atoms with Gasteiger partial charge in [-0.3, -0.25) is 0 Å². The molecule has 3 nitrogen and oxygen atoms in total. The van der Waals surface area contributed by atoms with Crippen LogP contribution in [0.5, 0.6) is 0 Å². The van der Waals surface area contributed by atoms with E-state index in [1.54, 1.807) is 6.08 Å². The second-order valence-electron chi connectivity index (χ2n) is 5.35. The quantitative estimate of drug-likeness (QED) is 0.535. The Labute approximate surface area is 135 Å². The van der Waals surface area contributed by atoms with Crippen molar-refractivity contribution in [2.45, 2.75) is 6.92 Å². The second-order valence-corrected chi connectivity index (χ2v) is 5.35. The summed E-state index contributed by atoms with van der Waals surface area (Å²) in [6.45, 7) is 2.18. The van der Waals surface area contributed by atoms with Crippen molar-refractivity contribution in [1.82, 2.24) is 4.57 Å². The van der Waals surface area contributed by atoms with Crippen molar-refractivity contribution in [2.75, 3.05) is 6.61 Å². The van der Waals surface area contributed by atoms with Gasteiger partial charge in [0.2, 0.25) is 0 Å². The van der Waals surface area contributed by atoms with Crippen LogP contribution in [0.1, 0.15) is 18.1 Å². The lowest BCUT2D eigenvalue weighted by Gasteiger charge is -2.07. The number of benzene rings is 2. The first kappa shape index (κ1) is 15.1. The molecule has 23 heavy (non-hydrogen) atoms. The lowest BCUT2D eigenvalue weighted by Crippen LogP contribution is -2.01. The summed E-state index contributed by atoms with van der Waals surface area (Å²) in [5.74, 6) is -0.320. The Bertz CT molecular complexity index is 860. The van der Waals surface area contributed by atoms with Gasteiger partial charge in [-0.05, 0) is 24.1 Å². The Hall–Kier alpha value is -2.81. The Balaban J connectivity index is 2.20. The topological polar surface area (TPSA) is 31.2 Å². The van der Waals surface area contributed by atoms with Gasteiger partial charge in [-0.15, -0.1) is 0 Å². The fraction of sp³-hybridized carbons (Fsp3) is 0.150. The van der Waals surface area contributed by atoms with Crippen LogP contribution in [0.3, 0.4) is 0 Å². The lowest BCUT2D eigenvalue weighted by molar-refractivity contribution is -0.137. The SMILES string of the molecule is CCOC(=O)/C=C(\c1ccccc1)c1cn(C)c2ccccc12. The molecule has 1 aromatic heterocycles. The molecule has 0 aliphatic heterocycles. The van der Waals surface area contributed by atoms with Gasteiger partial charge >= 0.3 is 5.97 Å². The normalized spacial score (nSPS) is 11.7. The molecule has 0 spiro atoms. The van der Waals surface area contributed by atoms with Crippen molar-refractivity contribution in [3.8, 4) is 0 Å². The highest BCUT2D eigenvalue weighted by Crippen LogP contribution is 2.31. The highest BCUT2D eigenvalue weighted by atomic mass is 16.5. The zero-order chi connectivity index (χ0) is 16.2. The minimum absolute atomic E-state index is 0.320. The number of ether oxygens (including phenoxy) is 1. The summed E-state index contributed by atoms with van der Waals surface area (Å²) in [5, 5.41) is 1.12. The molecular formula is C20H19NO2. The number of carbonyl (C=O) groups is 1. The molecule has 2 aromatic carbocycles. The molecule has 0 radical (unpaired) electrons. The minimum Gasteiger partial charge on any atom is -0.463 e. The molecule has 0 aliphatic carbocycles. The minimum atomic E-state index is -0.320. The van der Waals surface area contributed by atoms with Crippen molar-refractivity contribution in [1.29, 1.82) is 0 Å². The van der Waals surface area contributed by atoms with Crippen LogP contribution in [-0.2, 0) is 16.6 Å². The lowest BCUT2D eigenvalue weighted by atomic mass is 9.97. The van der Waals surface area contributed by atoms with E-state index in [0.717, 1.165) is 27.6 Å². The van der Waals surface area contributed by atoms with Crippen LogP contribution >= 0.6 is 0 Å². The predicted molar refractivity (Wildman–Crippen MR) is 93.1 cm³/mol. The van der Waals surface area contributed by atoms with E-state index in [1.165, 1.54) is 0 Å². The Morgan fingerprint density at radius 3 is 2.52 bits per heavy atom. The highest BCUT2D eigenvalue weighted by molar-refractivity contribution is 6.03. The zero-order valence-electron chi connectivity index (χ0n) is 13.3. The number of hydrogen-bond donors (Lipinski definition) is 0. The number of rotatable bonds is 4. The number of esters is 1. The Morgan fingerprint density at radius 2 is 1.78 bits per heavy atom. The number of carbonyl (C=O) groups excluding carboxylic acids is 1. The van der Waals surface area contributed by atoms with E-state index in [0.29, 0.717) is 6.61 Å². The van der Waals surface area contributed by atoms with E-state index in [1.807, 2.05) is 56.4 Å². The highest BCUT2D eigenvalue weighted by Gasteiger charge is 2.14. The molecule has 116 valence electrons. The number of aromatic nitrogens is 1. The Kier molecular flexibility index (Phi) is 4.29. The molecule has 0 bridgehead atoms. The summed E-state index contributed by atoms with van der Waals surface area (Å²) in [6, 6.07) is 18.1. The molecule has 3 rings (SSSR count). The van der Waals surface area contributed by atoms with E-state index in [9.17, 15) is 4.79 Å². The van der Waals surface area contributed by atoms with Crippen molar-refractivity contribution in [2.24, 2.45) is 7.05 Å². The fourth-order valence-corrected chi connectivity index (χ4v) is 2.79. The first-order valence-electron chi connectivity index (χ1n) is 7.69. The van der Waals surface area contributed by atoms with Gasteiger partial charge in [-0.1, -0.05) is 48.5 Å². The molecule has 0 atom stereocenters. The third-order valence-corrected chi connectivity index (χ3v) is 3.82. The fourth-order valence-electron chi connectivity index (χ4n) is 2.79. The van der Waals surface area contributed by atoms with Gasteiger partial charge in [0.05, 0.1) is 6.61 Å². The molecule has 1 heterocycles. The van der Waals surface area contributed by atoms with Gasteiger partial charge in [-0.2, -0.15) is 0 Å². The van der Waals surface area contributed by atoms with Gasteiger partial charge in [0.1, 0.15) is 0 Å². The maximum absolute atomic E-state index is 12.0. The molecule has 0 aliphatic rings. The number of para-hydroxylation sites is 1. The summed E-state index contributed by atoms with van der Waals surface area (Å²) < 4.78 is 7.19. The van der Waals surface area contributed by atoms with Crippen molar-refractivity contribution in [3.05, 3.63) is 78.0 Å². The average molecular weight is 305 g/mol. The third-order valence-electron chi connectivity index (χ3n) is 3.82. The molecule has 0 unspecified atom stereocenters. The molecule has 0 saturated carbocycles. The number of fused-ring (bicyclic) bond motifs is 1. The van der Waals surface area contributed by atoms with Crippen LogP contribution in [0.2, 0.25) is 0 Å². The summed E-state index contributed by atoms with van der Waals surface area (Å²) in [6.07, 6.45) is 3.64. The van der Waals surface area contributed by atoms with Gasteiger partial charge < -0.3 is 9.30 Å². The zero-order valence-corrected chi connectivity index (χ0v) is 13.3. The molecule has 3 heteroatoms. The van der Waals surface area contributed by atoms with Crippen molar-refractivity contribution >= 4 is 22.4 Å². The van der Waals surface area contributed by atoms with Crippen LogP contribution in [0.25, 0.3) is 16.5 Å². The first-order chi connectivity index (χ1) is 11.2. The molecule has 3 aromatic rings. The molecule has 0 amide bonds. The van der Waals surface area contributed by atoms with Crippen molar-refractivity contribution < 1.29 is 9.53 Å².